The number of rotatable bonds is 4. The van der Waals surface area contributed by atoms with E-state index in [0.29, 0.717) is 12.1 Å². The maximum Gasteiger partial charge on any atom is 0.0617 e. The summed E-state index contributed by atoms with van der Waals surface area (Å²) in [7, 11) is 0. The predicted octanol–water partition coefficient (Wildman–Crippen LogP) is 11.5. The minimum Gasteiger partial charge on any atom is -0.337 e. The first-order chi connectivity index (χ1) is 22.2. The minimum atomic E-state index is 0.0393. The molecule has 1 aromatic heterocycles. The lowest BCUT2D eigenvalue weighted by Crippen LogP contribution is -2.41. The molecular formula is C43H38N2. The van der Waals surface area contributed by atoms with Crippen LogP contribution in [0.15, 0.2) is 140 Å². The molecule has 0 bridgehead atoms. The van der Waals surface area contributed by atoms with Crippen LogP contribution in [0.3, 0.4) is 0 Å². The fourth-order valence-corrected chi connectivity index (χ4v) is 8.60. The van der Waals surface area contributed by atoms with Crippen LogP contribution in [-0.4, -0.2) is 10.6 Å². The average molecular weight is 583 g/mol. The molecule has 0 amide bonds. The Balaban J connectivity index is 1.23. The molecule has 9 rings (SSSR count). The molecule has 2 aliphatic carbocycles. The second kappa shape index (κ2) is 10.4. The molecule has 0 N–H and O–H groups in total. The Bertz CT molecular complexity index is 2130. The van der Waals surface area contributed by atoms with Gasteiger partial charge in [-0.15, -0.1) is 0 Å². The molecule has 1 aliphatic heterocycles. The number of hydrogen-bond acceptors (Lipinski definition) is 1. The smallest absolute Gasteiger partial charge is 0.0617 e. The van der Waals surface area contributed by atoms with Gasteiger partial charge in [0.05, 0.1) is 11.6 Å². The van der Waals surface area contributed by atoms with Crippen molar-refractivity contribution in [3.05, 3.63) is 145 Å². The van der Waals surface area contributed by atoms with E-state index in [-0.39, 0.29) is 5.41 Å². The SMILES string of the molecule is CC12CCC=CC1N(c1cccc(-c3ccccc3)c1)c1ccc(-c3cccc4c5ccccc5n(C5CC=CCC5)c34)cc12. The van der Waals surface area contributed by atoms with Crippen molar-refractivity contribution in [3.63, 3.8) is 0 Å². The molecule has 220 valence electrons. The summed E-state index contributed by atoms with van der Waals surface area (Å²) in [5.74, 6) is 0. The molecule has 2 heteroatoms. The summed E-state index contributed by atoms with van der Waals surface area (Å²) < 4.78 is 2.67. The lowest BCUT2D eigenvalue weighted by Gasteiger charge is -2.37. The van der Waals surface area contributed by atoms with Crippen molar-refractivity contribution < 1.29 is 0 Å². The zero-order chi connectivity index (χ0) is 30.0. The molecule has 3 aliphatic rings. The summed E-state index contributed by atoms with van der Waals surface area (Å²) in [6.07, 6.45) is 15.3. The third-order valence-electron chi connectivity index (χ3n) is 10.8. The highest BCUT2D eigenvalue weighted by molar-refractivity contribution is 6.13. The molecule has 0 saturated carbocycles. The first-order valence-electron chi connectivity index (χ1n) is 16.6. The van der Waals surface area contributed by atoms with Crippen LogP contribution in [0.4, 0.5) is 11.4 Å². The van der Waals surface area contributed by atoms with Gasteiger partial charge in [0.2, 0.25) is 0 Å². The van der Waals surface area contributed by atoms with Crippen molar-refractivity contribution in [2.24, 2.45) is 0 Å². The summed E-state index contributed by atoms with van der Waals surface area (Å²) in [5, 5.41) is 2.72. The summed E-state index contributed by atoms with van der Waals surface area (Å²) >= 11 is 0. The molecule has 3 atom stereocenters. The van der Waals surface area contributed by atoms with Gasteiger partial charge in [0.1, 0.15) is 0 Å². The van der Waals surface area contributed by atoms with Gasteiger partial charge in [-0.2, -0.15) is 0 Å². The first-order valence-corrected chi connectivity index (χ1v) is 16.6. The molecule has 2 nitrogen and oxygen atoms in total. The Labute approximate surface area is 265 Å². The van der Waals surface area contributed by atoms with Crippen LogP contribution in [0.25, 0.3) is 44.1 Å². The largest absolute Gasteiger partial charge is 0.337 e. The number of benzene rings is 5. The van der Waals surface area contributed by atoms with Gasteiger partial charge < -0.3 is 9.47 Å². The van der Waals surface area contributed by atoms with Crippen LogP contribution in [0.2, 0.25) is 0 Å². The highest BCUT2D eigenvalue weighted by Gasteiger charge is 2.48. The Morgan fingerprint density at radius 2 is 1.49 bits per heavy atom. The summed E-state index contributed by atoms with van der Waals surface area (Å²) in [6.45, 7) is 2.50. The second-order valence-electron chi connectivity index (χ2n) is 13.4. The van der Waals surface area contributed by atoms with Crippen LogP contribution in [0, 0.1) is 0 Å². The molecule has 0 saturated heterocycles. The van der Waals surface area contributed by atoms with Crippen LogP contribution in [0.5, 0.6) is 0 Å². The van der Waals surface area contributed by atoms with Crippen molar-refractivity contribution in [1.29, 1.82) is 0 Å². The molecule has 0 radical (unpaired) electrons. The standard InChI is InChI=1S/C43H38N2/c1-43-27-11-10-24-41(43)44(34-19-12-16-31(28-34)30-14-4-2-5-15-30)40-26-25-32(29-38(40)43)35-21-13-22-37-36-20-8-9-23-39(36)45(42(35)37)33-17-6-3-7-18-33/h2-6,8-10,12-16,19-26,28-29,33,41H,7,11,17-18,27H2,1H3. The summed E-state index contributed by atoms with van der Waals surface area (Å²) in [4.78, 5) is 2.60. The zero-order valence-electron chi connectivity index (χ0n) is 25.9. The predicted molar refractivity (Wildman–Crippen MR) is 190 cm³/mol. The third-order valence-corrected chi connectivity index (χ3v) is 10.8. The quantitative estimate of drug-likeness (QED) is 0.188. The Morgan fingerprint density at radius 1 is 0.667 bits per heavy atom. The number of nitrogens with zero attached hydrogens (tertiary/aromatic N) is 2. The lowest BCUT2D eigenvalue weighted by molar-refractivity contribution is 0.402. The number of fused-ring (bicyclic) bond motifs is 6. The lowest BCUT2D eigenvalue weighted by atomic mass is 9.72. The second-order valence-corrected chi connectivity index (χ2v) is 13.4. The topological polar surface area (TPSA) is 8.17 Å². The van der Waals surface area contributed by atoms with E-state index >= 15 is 0 Å². The van der Waals surface area contributed by atoms with E-state index in [1.807, 2.05) is 0 Å². The van der Waals surface area contributed by atoms with E-state index in [9.17, 15) is 0 Å². The molecule has 0 fully saturated rings. The molecule has 3 unspecified atom stereocenters. The normalized spacial score (nSPS) is 22.2. The van der Waals surface area contributed by atoms with Gasteiger partial charge in [0, 0.05) is 44.7 Å². The molecule has 6 aromatic rings. The van der Waals surface area contributed by atoms with Gasteiger partial charge in [-0.25, -0.2) is 0 Å². The van der Waals surface area contributed by atoms with Crippen LogP contribution < -0.4 is 4.90 Å². The highest BCUT2D eigenvalue weighted by atomic mass is 15.2. The first kappa shape index (κ1) is 26.6. The van der Waals surface area contributed by atoms with Gasteiger partial charge in [0.15, 0.2) is 0 Å². The monoisotopic (exact) mass is 582 g/mol. The van der Waals surface area contributed by atoms with Crippen molar-refractivity contribution >= 4 is 33.2 Å². The summed E-state index contributed by atoms with van der Waals surface area (Å²) in [5.41, 5.74) is 12.0. The number of para-hydroxylation sites is 2. The number of aromatic nitrogens is 1. The van der Waals surface area contributed by atoms with Crippen molar-refractivity contribution in [3.8, 4) is 22.3 Å². The third kappa shape index (κ3) is 4.08. The van der Waals surface area contributed by atoms with Gasteiger partial charge in [0.25, 0.3) is 0 Å². The maximum absolute atomic E-state index is 2.67. The molecule has 2 heterocycles. The van der Waals surface area contributed by atoms with Crippen molar-refractivity contribution in [2.75, 3.05) is 4.90 Å². The zero-order valence-corrected chi connectivity index (χ0v) is 25.9. The Hall–Kier alpha value is -4.82. The van der Waals surface area contributed by atoms with Gasteiger partial charge in [-0.1, -0.05) is 116 Å². The Kier molecular flexibility index (Phi) is 6.13. The average Bonchev–Trinajstić information content (AvgIpc) is 3.58. The van der Waals surface area contributed by atoms with E-state index in [1.165, 1.54) is 67.4 Å². The minimum absolute atomic E-state index is 0.0393. The Morgan fingerprint density at radius 3 is 2.38 bits per heavy atom. The van der Waals surface area contributed by atoms with Crippen LogP contribution in [0.1, 0.15) is 50.6 Å². The van der Waals surface area contributed by atoms with Gasteiger partial charge in [-0.3, -0.25) is 0 Å². The number of anilines is 2. The van der Waals surface area contributed by atoms with E-state index in [1.54, 1.807) is 0 Å². The number of allylic oxidation sites excluding steroid dienone is 3. The molecule has 5 aromatic carbocycles. The maximum atomic E-state index is 2.67. The fraction of sp³-hybridized carbons (Fsp3) is 0.209. The fourth-order valence-electron chi connectivity index (χ4n) is 8.60. The van der Waals surface area contributed by atoms with Crippen LogP contribution >= 0.6 is 0 Å². The molecular weight excluding hydrogens is 544 g/mol. The van der Waals surface area contributed by atoms with Crippen molar-refractivity contribution in [1.82, 2.24) is 4.57 Å². The van der Waals surface area contributed by atoms with E-state index in [2.05, 4.69) is 156 Å². The van der Waals surface area contributed by atoms with E-state index < -0.39 is 0 Å². The van der Waals surface area contributed by atoms with Crippen molar-refractivity contribution in [2.45, 2.75) is 56.5 Å². The summed E-state index contributed by atoms with van der Waals surface area (Å²) in [6, 6.07) is 43.9. The van der Waals surface area contributed by atoms with E-state index in [4.69, 9.17) is 0 Å². The molecule has 45 heavy (non-hydrogen) atoms. The number of hydrogen-bond donors (Lipinski definition) is 0. The highest BCUT2D eigenvalue weighted by Crippen LogP contribution is 2.54. The van der Waals surface area contributed by atoms with Gasteiger partial charge >= 0.3 is 0 Å². The van der Waals surface area contributed by atoms with Gasteiger partial charge in [-0.05, 0) is 84.7 Å². The molecule has 0 spiro atoms. The van der Waals surface area contributed by atoms with Crippen LogP contribution in [-0.2, 0) is 5.41 Å². The van der Waals surface area contributed by atoms with E-state index in [0.717, 1.165) is 25.7 Å².